The number of nitrogens with one attached hydrogen (secondary N) is 4. The second-order valence-electron chi connectivity index (χ2n) is 11.1. The number of allylic oxidation sites excluding steroid dienone is 3. The molecule has 1 saturated carbocycles. The zero-order valence-electron chi connectivity index (χ0n) is 24.7. The molecule has 0 spiro atoms. The molecule has 0 saturated heterocycles. The molecular weight excluding hydrogens is 639 g/mol. The standard InChI is InChI=1S/C28H33ClF3N7O5S/c1-16(2)22(40)39-45(42,43)13-12-33-23(41)18-4-7-20(8-5-18)34-24-35-25(37-26(36-24)44-15-28(30,31)32)38-27(10-11-27)21-9-6-19(29)14-17(21)3/h4-9,16-17H,10-15H2,1-3H3,(H,33,41)(H,39,40)(H2,34,35,36,37,38). The Balaban J connectivity index is 1.44. The molecule has 1 aromatic carbocycles. The van der Waals surface area contributed by atoms with Gasteiger partial charge in [0.15, 0.2) is 6.61 Å². The maximum Gasteiger partial charge on any atom is 0.422 e. The van der Waals surface area contributed by atoms with Crippen molar-refractivity contribution in [3.05, 3.63) is 52.6 Å². The van der Waals surface area contributed by atoms with Gasteiger partial charge >= 0.3 is 12.2 Å². The highest BCUT2D eigenvalue weighted by Crippen LogP contribution is 2.49. The molecule has 0 bridgehead atoms. The van der Waals surface area contributed by atoms with Crippen molar-refractivity contribution in [2.45, 2.75) is 51.7 Å². The monoisotopic (exact) mass is 671 g/mol. The molecule has 2 amide bonds. The van der Waals surface area contributed by atoms with Crippen LogP contribution in [0.15, 0.2) is 47.0 Å². The minimum Gasteiger partial charge on any atom is -0.454 e. The predicted octanol–water partition coefficient (Wildman–Crippen LogP) is 4.42. The summed E-state index contributed by atoms with van der Waals surface area (Å²) in [6, 6.07) is 5.38. The van der Waals surface area contributed by atoms with E-state index in [-0.39, 0.29) is 29.9 Å². The molecule has 0 aliphatic heterocycles. The fourth-order valence-corrected chi connectivity index (χ4v) is 5.82. The Morgan fingerprint density at radius 3 is 2.36 bits per heavy atom. The molecule has 1 unspecified atom stereocenters. The smallest absolute Gasteiger partial charge is 0.422 e. The summed E-state index contributed by atoms with van der Waals surface area (Å²) in [5.41, 5.74) is 1.22. The topological polar surface area (TPSA) is 164 Å². The van der Waals surface area contributed by atoms with E-state index in [4.69, 9.17) is 16.3 Å². The van der Waals surface area contributed by atoms with E-state index in [0.29, 0.717) is 12.1 Å². The van der Waals surface area contributed by atoms with Gasteiger partial charge in [-0.2, -0.15) is 28.1 Å². The van der Waals surface area contributed by atoms with Crippen LogP contribution in [-0.2, 0) is 14.8 Å². The summed E-state index contributed by atoms with van der Waals surface area (Å²) in [5.74, 6) is -2.14. The first-order valence-electron chi connectivity index (χ1n) is 14.0. The highest BCUT2D eigenvalue weighted by atomic mass is 35.5. The van der Waals surface area contributed by atoms with Crippen molar-refractivity contribution in [3.8, 4) is 6.01 Å². The van der Waals surface area contributed by atoms with Gasteiger partial charge in [-0.05, 0) is 61.1 Å². The molecule has 1 aromatic heterocycles. The molecule has 1 fully saturated rings. The highest BCUT2D eigenvalue weighted by molar-refractivity contribution is 7.90. The summed E-state index contributed by atoms with van der Waals surface area (Å²) in [5, 5.41) is 9.35. The third-order valence-corrected chi connectivity index (χ3v) is 8.48. The lowest BCUT2D eigenvalue weighted by Gasteiger charge is -2.28. The maximum absolute atomic E-state index is 12.9. The molecule has 1 heterocycles. The van der Waals surface area contributed by atoms with Crippen molar-refractivity contribution in [1.29, 1.82) is 0 Å². The molecule has 2 aliphatic rings. The van der Waals surface area contributed by atoms with Crippen molar-refractivity contribution in [3.63, 3.8) is 0 Å². The van der Waals surface area contributed by atoms with Gasteiger partial charge in [0, 0.05) is 28.7 Å². The summed E-state index contributed by atoms with van der Waals surface area (Å²) in [7, 11) is -3.92. The van der Waals surface area contributed by atoms with Crippen LogP contribution in [0.3, 0.4) is 0 Å². The third-order valence-electron chi connectivity index (χ3n) is 6.95. The van der Waals surface area contributed by atoms with Crippen LogP contribution in [-0.4, -0.2) is 65.8 Å². The average Bonchev–Trinajstić information content (AvgIpc) is 3.71. The van der Waals surface area contributed by atoms with Crippen LogP contribution in [0.5, 0.6) is 6.01 Å². The lowest BCUT2D eigenvalue weighted by Crippen LogP contribution is -2.39. The van der Waals surface area contributed by atoms with E-state index in [1.54, 1.807) is 13.8 Å². The number of hydrogen-bond donors (Lipinski definition) is 4. The first-order chi connectivity index (χ1) is 21.0. The number of anilines is 3. The van der Waals surface area contributed by atoms with E-state index in [1.165, 1.54) is 24.3 Å². The molecule has 0 radical (unpaired) electrons. The van der Waals surface area contributed by atoms with Crippen molar-refractivity contribution >= 4 is 51.0 Å². The van der Waals surface area contributed by atoms with Gasteiger partial charge in [-0.3, -0.25) is 14.3 Å². The fraction of sp³-hybridized carbons (Fsp3) is 0.464. The summed E-state index contributed by atoms with van der Waals surface area (Å²) in [6.07, 6.45) is 1.37. The number of nitrogens with zero attached hydrogens (tertiary/aromatic N) is 3. The predicted molar refractivity (Wildman–Crippen MR) is 162 cm³/mol. The number of carbonyl (C=O) groups is 2. The van der Waals surface area contributed by atoms with Crippen LogP contribution in [0.1, 0.15) is 50.4 Å². The Morgan fingerprint density at radius 2 is 1.76 bits per heavy atom. The first kappa shape index (κ1) is 34.0. The van der Waals surface area contributed by atoms with Crippen molar-refractivity contribution in [2.75, 3.05) is 29.5 Å². The Morgan fingerprint density at radius 1 is 1.09 bits per heavy atom. The molecule has 17 heteroatoms. The number of halogens is 4. The van der Waals surface area contributed by atoms with E-state index >= 15 is 0 Å². The van der Waals surface area contributed by atoms with E-state index in [2.05, 4.69) is 30.9 Å². The average molecular weight is 672 g/mol. The van der Waals surface area contributed by atoms with Gasteiger partial charge in [0.2, 0.25) is 27.8 Å². The molecule has 2 aliphatic carbocycles. The summed E-state index contributed by atoms with van der Waals surface area (Å²) in [6.45, 7) is 3.32. The molecule has 12 nitrogen and oxygen atoms in total. The summed E-state index contributed by atoms with van der Waals surface area (Å²) in [4.78, 5) is 36.5. The number of sulfonamides is 1. The van der Waals surface area contributed by atoms with E-state index in [0.717, 1.165) is 23.4 Å². The molecule has 4 N–H and O–H groups in total. The molecule has 1 atom stereocenters. The van der Waals surface area contributed by atoms with Crippen LogP contribution >= 0.6 is 11.6 Å². The van der Waals surface area contributed by atoms with Crippen molar-refractivity contribution in [2.24, 2.45) is 11.8 Å². The van der Waals surface area contributed by atoms with Crippen molar-refractivity contribution in [1.82, 2.24) is 25.0 Å². The minimum atomic E-state index is -4.61. The molecule has 244 valence electrons. The van der Waals surface area contributed by atoms with Crippen LogP contribution in [0.2, 0.25) is 0 Å². The van der Waals surface area contributed by atoms with Crippen molar-refractivity contribution < 1.29 is 35.9 Å². The zero-order valence-corrected chi connectivity index (χ0v) is 26.2. The Kier molecular flexibility index (Phi) is 10.3. The van der Waals surface area contributed by atoms with Crippen LogP contribution in [0.4, 0.5) is 30.8 Å². The number of ether oxygens (including phenoxy) is 1. The van der Waals surface area contributed by atoms with Gasteiger partial charge in [-0.1, -0.05) is 38.4 Å². The molecular formula is C28H33ClF3N7O5S. The van der Waals surface area contributed by atoms with Crippen LogP contribution < -0.4 is 25.4 Å². The van der Waals surface area contributed by atoms with Crippen LogP contribution in [0, 0.1) is 11.8 Å². The number of amides is 2. The third kappa shape index (κ3) is 9.78. The first-order valence-corrected chi connectivity index (χ1v) is 16.1. The van der Waals surface area contributed by atoms with Gasteiger partial charge in [-0.25, -0.2) is 8.42 Å². The Hall–Kier alpha value is -3.92. The zero-order chi connectivity index (χ0) is 33.0. The Labute approximate surface area is 263 Å². The number of carbonyl (C=O) groups excluding carboxylic acids is 2. The number of benzene rings is 1. The number of aromatic nitrogens is 3. The van der Waals surface area contributed by atoms with Gasteiger partial charge in [0.05, 0.1) is 11.3 Å². The van der Waals surface area contributed by atoms with E-state index in [9.17, 15) is 31.2 Å². The van der Waals surface area contributed by atoms with Gasteiger partial charge in [0.25, 0.3) is 5.91 Å². The number of alkyl halides is 3. The highest BCUT2D eigenvalue weighted by Gasteiger charge is 2.48. The van der Waals surface area contributed by atoms with Crippen LogP contribution in [0.25, 0.3) is 0 Å². The molecule has 2 aromatic rings. The van der Waals surface area contributed by atoms with Gasteiger partial charge < -0.3 is 20.7 Å². The van der Waals surface area contributed by atoms with E-state index in [1.807, 2.05) is 23.8 Å². The quantitative estimate of drug-likeness (QED) is 0.240. The second kappa shape index (κ2) is 13.6. The maximum atomic E-state index is 12.9. The second-order valence-corrected chi connectivity index (χ2v) is 13.4. The summed E-state index contributed by atoms with van der Waals surface area (Å²) < 4.78 is 69.4. The van der Waals surface area contributed by atoms with Gasteiger partial charge in [0.1, 0.15) is 0 Å². The number of hydrogen-bond acceptors (Lipinski definition) is 10. The normalized spacial score (nSPS) is 17.6. The lowest BCUT2D eigenvalue weighted by atomic mass is 9.86. The SMILES string of the molecule is CC(C)C(=O)NS(=O)(=O)CCNC(=O)c1ccc(Nc2nc(NC3(C4=CC=C(Cl)CC4C)CC3)nc(OCC(F)(F)F)n2)cc1. The Bertz CT molecular complexity index is 1590. The fourth-order valence-electron chi connectivity index (χ4n) is 4.51. The molecule has 4 rings (SSSR count). The van der Waals surface area contributed by atoms with Gasteiger partial charge in [-0.15, -0.1) is 0 Å². The lowest BCUT2D eigenvalue weighted by molar-refractivity contribution is -0.154. The minimum absolute atomic E-state index is 0.0199. The largest absolute Gasteiger partial charge is 0.454 e. The van der Waals surface area contributed by atoms with E-state index < -0.39 is 57.8 Å². The summed E-state index contributed by atoms with van der Waals surface area (Å²) >= 11 is 6.18. The molecule has 45 heavy (non-hydrogen) atoms. The number of rotatable bonds is 13.